The zero-order valence-corrected chi connectivity index (χ0v) is 9.80. The van der Waals surface area contributed by atoms with Gasteiger partial charge in [0.15, 0.2) is 0 Å². The molecule has 0 atom stereocenters. The molecular formula is C12H15FN2O3. The first-order valence-corrected chi connectivity index (χ1v) is 5.87. The lowest BCUT2D eigenvalue weighted by molar-refractivity contribution is -0.385. The molecule has 18 heavy (non-hydrogen) atoms. The van der Waals surface area contributed by atoms with Crippen molar-refractivity contribution in [3.05, 3.63) is 39.7 Å². The Hall–Kier alpha value is -1.53. The van der Waals surface area contributed by atoms with Crippen LogP contribution in [0.1, 0.15) is 18.4 Å². The normalized spacial score (nSPS) is 22.6. The minimum atomic E-state index is -0.602. The predicted octanol–water partition coefficient (Wildman–Crippen LogP) is 1.59. The minimum absolute atomic E-state index is 0.188. The van der Waals surface area contributed by atoms with Crippen LogP contribution in [0.4, 0.5) is 10.1 Å². The SMILES string of the molecule is O=[N+]([O-])c1cc(F)cc(CNCC2CC(O)C2)c1. The van der Waals surface area contributed by atoms with Crippen LogP contribution >= 0.6 is 0 Å². The van der Waals surface area contributed by atoms with Gasteiger partial charge in [0.25, 0.3) is 5.69 Å². The molecule has 5 nitrogen and oxygen atoms in total. The third-order valence-electron chi connectivity index (χ3n) is 3.13. The van der Waals surface area contributed by atoms with E-state index in [1.165, 1.54) is 12.1 Å². The van der Waals surface area contributed by atoms with E-state index in [0.29, 0.717) is 18.0 Å². The number of aliphatic hydroxyl groups excluding tert-OH is 1. The molecule has 0 amide bonds. The molecule has 2 rings (SSSR count). The lowest BCUT2D eigenvalue weighted by Gasteiger charge is -2.31. The van der Waals surface area contributed by atoms with Crippen molar-refractivity contribution in [3.8, 4) is 0 Å². The number of aliphatic hydroxyl groups is 1. The van der Waals surface area contributed by atoms with Gasteiger partial charge in [-0.15, -0.1) is 0 Å². The van der Waals surface area contributed by atoms with E-state index in [-0.39, 0.29) is 11.8 Å². The summed E-state index contributed by atoms with van der Waals surface area (Å²) in [6.45, 7) is 1.13. The smallest absolute Gasteiger partial charge is 0.272 e. The molecule has 0 saturated heterocycles. The van der Waals surface area contributed by atoms with Gasteiger partial charge in [-0.25, -0.2) is 4.39 Å². The highest BCUT2D eigenvalue weighted by Crippen LogP contribution is 2.26. The van der Waals surface area contributed by atoms with Crippen molar-refractivity contribution in [1.82, 2.24) is 5.32 Å². The molecule has 6 heteroatoms. The molecule has 0 spiro atoms. The average molecular weight is 254 g/mol. The van der Waals surface area contributed by atoms with E-state index < -0.39 is 10.7 Å². The number of benzene rings is 1. The van der Waals surface area contributed by atoms with Gasteiger partial charge >= 0.3 is 0 Å². The van der Waals surface area contributed by atoms with Crippen LogP contribution in [0.5, 0.6) is 0 Å². The Balaban J connectivity index is 1.86. The summed E-state index contributed by atoms with van der Waals surface area (Å²) in [4.78, 5) is 9.97. The fourth-order valence-corrected chi connectivity index (χ4v) is 2.13. The summed E-state index contributed by atoms with van der Waals surface area (Å²) >= 11 is 0. The minimum Gasteiger partial charge on any atom is -0.393 e. The van der Waals surface area contributed by atoms with Crippen molar-refractivity contribution in [1.29, 1.82) is 0 Å². The zero-order valence-electron chi connectivity index (χ0n) is 9.80. The van der Waals surface area contributed by atoms with Crippen molar-refractivity contribution in [2.24, 2.45) is 5.92 Å². The fraction of sp³-hybridized carbons (Fsp3) is 0.500. The molecule has 0 bridgehead atoms. The van der Waals surface area contributed by atoms with Gasteiger partial charge in [0, 0.05) is 12.6 Å². The van der Waals surface area contributed by atoms with E-state index in [1.807, 2.05) is 0 Å². The second-order valence-corrected chi connectivity index (χ2v) is 4.70. The average Bonchev–Trinajstić information content (AvgIpc) is 2.25. The molecule has 0 aromatic heterocycles. The third kappa shape index (κ3) is 3.24. The molecule has 1 aliphatic rings. The third-order valence-corrected chi connectivity index (χ3v) is 3.13. The molecule has 1 aromatic carbocycles. The van der Waals surface area contributed by atoms with Crippen LogP contribution in [0.2, 0.25) is 0 Å². The standard InChI is InChI=1S/C12H15FN2O3/c13-10-1-8(2-11(5-10)15(17)18)6-14-7-9-3-12(16)4-9/h1-2,5,9,12,14,16H,3-4,6-7H2. The first-order valence-electron chi connectivity index (χ1n) is 5.87. The van der Waals surface area contributed by atoms with Gasteiger partial charge in [-0.2, -0.15) is 0 Å². The number of halogens is 1. The Labute approximate surface area is 104 Å². The van der Waals surface area contributed by atoms with E-state index in [0.717, 1.165) is 25.5 Å². The molecule has 0 heterocycles. The number of nitrogens with one attached hydrogen (secondary N) is 1. The maximum Gasteiger partial charge on any atom is 0.272 e. The number of nitro groups is 1. The summed E-state index contributed by atoms with van der Waals surface area (Å²) in [7, 11) is 0. The van der Waals surface area contributed by atoms with Crippen LogP contribution < -0.4 is 5.32 Å². The number of hydrogen-bond donors (Lipinski definition) is 2. The Kier molecular flexibility index (Phi) is 3.88. The first-order chi connectivity index (χ1) is 8.54. The summed E-state index contributed by atoms with van der Waals surface area (Å²) in [5, 5.41) is 22.8. The molecular weight excluding hydrogens is 239 g/mol. The monoisotopic (exact) mass is 254 g/mol. The van der Waals surface area contributed by atoms with Gasteiger partial charge in [0.1, 0.15) is 5.82 Å². The van der Waals surface area contributed by atoms with Crippen LogP contribution in [0.3, 0.4) is 0 Å². The molecule has 1 aromatic rings. The highest BCUT2D eigenvalue weighted by molar-refractivity contribution is 5.35. The Bertz CT molecular complexity index is 447. The lowest BCUT2D eigenvalue weighted by atomic mass is 9.82. The van der Waals surface area contributed by atoms with Crippen molar-refractivity contribution in [3.63, 3.8) is 0 Å². The number of nitro benzene ring substituents is 1. The van der Waals surface area contributed by atoms with E-state index >= 15 is 0 Å². The Morgan fingerprint density at radius 1 is 1.44 bits per heavy atom. The first kappa shape index (κ1) is 12.9. The molecule has 1 aliphatic carbocycles. The zero-order chi connectivity index (χ0) is 13.1. The topological polar surface area (TPSA) is 75.4 Å². The van der Waals surface area contributed by atoms with Crippen LogP contribution in [0.25, 0.3) is 0 Å². The van der Waals surface area contributed by atoms with Gasteiger partial charge in [0.05, 0.1) is 17.1 Å². The van der Waals surface area contributed by atoms with Crippen LogP contribution in [0.15, 0.2) is 18.2 Å². The fourth-order valence-electron chi connectivity index (χ4n) is 2.13. The maximum atomic E-state index is 13.1. The van der Waals surface area contributed by atoms with Crippen molar-refractivity contribution >= 4 is 5.69 Å². The second-order valence-electron chi connectivity index (χ2n) is 4.70. The summed E-state index contributed by atoms with van der Waals surface area (Å²) in [6.07, 6.45) is 1.39. The molecule has 1 saturated carbocycles. The number of non-ortho nitro benzene ring substituents is 1. The van der Waals surface area contributed by atoms with Gasteiger partial charge in [-0.3, -0.25) is 10.1 Å². The number of rotatable bonds is 5. The highest BCUT2D eigenvalue weighted by Gasteiger charge is 2.26. The lowest BCUT2D eigenvalue weighted by Crippen LogP contribution is -2.35. The number of nitrogens with zero attached hydrogens (tertiary/aromatic N) is 1. The molecule has 0 unspecified atom stereocenters. The van der Waals surface area contributed by atoms with Crippen LogP contribution in [-0.2, 0) is 6.54 Å². The maximum absolute atomic E-state index is 13.1. The molecule has 0 radical (unpaired) electrons. The van der Waals surface area contributed by atoms with Gasteiger partial charge in [-0.1, -0.05) is 0 Å². The molecule has 98 valence electrons. The summed E-state index contributed by atoms with van der Waals surface area (Å²) in [5.41, 5.74) is 0.326. The predicted molar refractivity (Wildman–Crippen MR) is 63.5 cm³/mol. The second kappa shape index (κ2) is 5.41. The van der Waals surface area contributed by atoms with E-state index in [4.69, 9.17) is 5.11 Å². The van der Waals surface area contributed by atoms with Crippen LogP contribution in [0, 0.1) is 21.8 Å². The molecule has 1 fully saturated rings. The van der Waals surface area contributed by atoms with Gasteiger partial charge in [-0.05, 0) is 36.9 Å². The van der Waals surface area contributed by atoms with E-state index in [2.05, 4.69) is 5.32 Å². The van der Waals surface area contributed by atoms with Crippen molar-refractivity contribution in [2.75, 3.05) is 6.54 Å². The summed E-state index contributed by atoms with van der Waals surface area (Å²) in [6, 6.07) is 3.56. The van der Waals surface area contributed by atoms with E-state index in [9.17, 15) is 14.5 Å². The van der Waals surface area contributed by atoms with Crippen molar-refractivity contribution < 1.29 is 14.4 Å². The molecule has 0 aliphatic heterocycles. The van der Waals surface area contributed by atoms with E-state index in [1.54, 1.807) is 0 Å². The quantitative estimate of drug-likeness (QED) is 0.618. The Morgan fingerprint density at radius 3 is 2.78 bits per heavy atom. The largest absolute Gasteiger partial charge is 0.393 e. The summed E-state index contributed by atoms with van der Waals surface area (Å²) < 4.78 is 13.1. The van der Waals surface area contributed by atoms with Gasteiger partial charge < -0.3 is 10.4 Å². The molecule has 2 N–H and O–H groups in total. The number of hydrogen-bond acceptors (Lipinski definition) is 4. The van der Waals surface area contributed by atoms with Crippen LogP contribution in [-0.4, -0.2) is 22.7 Å². The summed E-state index contributed by atoms with van der Waals surface area (Å²) in [5.74, 6) is -0.149. The van der Waals surface area contributed by atoms with Crippen molar-refractivity contribution in [2.45, 2.75) is 25.5 Å². The highest BCUT2D eigenvalue weighted by atomic mass is 19.1. The van der Waals surface area contributed by atoms with Gasteiger partial charge in [0.2, 0.25) is 0 Å². The Morgan fingerprint density at radius 2 is 2.17 bits per heavy atom.